The molecule has 2 heterocycles. The SMILES string of the molecule is CC(=O)CCCC(=O)NCCc1cnn2ccccc12. The van der Waals surface area contributed by atoms with E-state index in [0.717, 1.165) is 17.5 Å². The van der Waals surface area contributed by atoms with Gasteiger partial charge in [0.1, 0.15) is 5.78 Å². The van der Waals surface area contributed by atoms with Crippen LogP contribution < -0.4 is 5.32 Å². The van der Waals surface area contributed by atoms with Crippen molar-refractivity contribution in [3.05, 3.63) is 36.2 Å². The Kier molecular flexibility index (Phi) is 4.87. The van der Waals surface area contributed by atoms with E-state index in [1.807, 2.05) is 35.1 Å². The maximum absolute atomic E-state index is 11.6. The molecule has 0 aliphatic rings. The van der Waals surface area contributed by atoms with Gasteiger partial charge in [0.25, 0.3) is 0 Å². The Morgan fingerprint density at radius 3 is 2.95 bits per heavy atom. The predicted octanol–water partition coefficient (Wildman–Crippen LogP) is 1.75. The molecule has 0 spiro atoms. The molecular weight excluding hydrogens is 254 g/mol. The van der Waals surface area contributed by atoms with Gasteiger partial charge in [0, 0.05) is 25.6 Å². The van der Waals surface area contributed by atoms with Gasteiger partial charge in [0.2, 0.25) is 5.91 Å². The minimum atomic E-state index is 0.00252. The fraction of sp³-hybridized carbons (Fsp3) is 0.400. The lowest BCUT2D eigenvalue weighted by Crippen LogP contribution is -2.25. The van der Waals surface area contributed by atoms with Crippen molar-refractivity contribution in [1.29, 1.82) is 0 Å². The summed E-state index contributed by atoms with van der Waals surface area (Å²) in [5.41, 5.74) is 2.19. The molecule has 0 saturated carbocycles. The normalized spacial score (nSPS) is 10.7. The number of rotatable bonds is 7. The van der Waals surface area contributed by atoms with Crippen LogP contribution >= 0.6 is 0 Å². The number of nitrogens with one attached hydrogen (secondary N) is 1. The molecule has 5 nitrogen and oxygen atoms in total. The molecule has 0 aliphatic heterocycles. The standard InChI is InChI=1S/C15H19N3O2/c1-12(19)5-4-7-15(20)16-9-8-13-11-17-18-10-3-2-6-14(13)18/h2-3,6,10-11H,4-5,7-9H2,1H3,(H,16,20). The van der Waals surface area contributed by atoms with E-state index in [4.69, 9.17) is 0 Å². The Bertz CT molecular complexity index is 604. The quantitative estimate of drug-likeness (QED) is 0.836. The van der Waals surface area contributed by atoms with Crippen molar-refractivity contribution < 1.29 is 9.59 Å². The lowest BCUT2D eigenvalue weighted by Gasteiger charge is -2.04. The molecule has 0 saturated heterocycles. The van der Waals surface area contributed by atoms with E-state index < -0.39 is 0 Å². The molecule has 0 fully saturated rings. The molecule has 5 heteroatoms. The second-order valence-electron chi connectivity index (χ2n) is 4.86. The summed E-state index contributed by atoms with van der Waals surface area (Å²) < 4.78 is 1.82. The van der Waals surface area contributed by atoms with Crippen molar-refractivity contribution in [2.75, 3.05) is 6.54 Å². The van der Waals surface area contributed by atoms with E-state index in [9.17, 15) is 9.59 Å². The van der Waals surface area contributed by atoms with Gasteiger partial charge in [-0.2, -0.15) is 5.10 Å². The average Bonchev–Trinajstić information content (AvgIpc) is 2.82. The molecular formula is C15H19N3O2. The monoisotopic (exact) mass is 273 g/mol. The number of hydrogen-bond acceptors (Lipinski definition) is 3. The maximum Gasteiger partial charge on any atom is 0.220 e. The Morgan fingerprint density at radius 2 is 2.15 bits per heavy atom. The van der Waals surface area contributed by atoms with Crippen LogP contribution in [-0.4, -0.2) is 27.8 Å². The molecule has 0 aromatic carbocycles. The summed E-state index contributed by atoms with van der Waals surface area (Å²) in [4.78, 5) is 22.4. The first kappa shape index (κ1) is 14.2. The number of pyridine rings is 1. The van der Waals surface area contributed by atoms with Crippen molar-refractivity contribution in [2.24, 2.45) is 0 Å². The van der Waals surface area contributed by atoms with Gasteiger partial charge in [0.15, 0.2) is 0 Å². The predicted molar refractivity (Wildman–Crippen MR) is 76.4 cm³/mol. The molecule has 2 aromatic heterocycles. The first-order valence-electron chi connectivity index (χ1n) is 6.84. The van der Waals surface area contributed by atoms with Crippen LogP contribution in [0.4, 0.5) is 0 Å². The van der Waals surface area contributed by atoms with Crippen molar-refractivity contribution in [3.63, 3.8) is 0 Å². The van der Waals surface area contributed by atoms with E-state index in [1.165, 1.54) is 0 Å². The van der Waals surface area contributed by atoms with Crippen molar-refractivity contribution >= 4 is 17.2 Å². The van der Waals surface area contributed by atoms with E-state index in [1.54, 1.807) is 6.92 Å². The van der Waals surface area contributed by atoms with Gasteiger partial charge in [0.05, 0.1) is 11.7 Å². The zero-order valence-electron chi connectivity index (χ0n) is 11.6. The van der Waals surface area contributed by atoms with E-state index >= 15 is 0 Å². The third kappa shape index (κ3) is 3.91. The van der Waals surface area contributed by atoms with Crippen LogP contribution in [0.5, 0.6) is 0 Å². The number of ketones is 1. The highest BCUT2D eigenvalue weighted by atomic mass is 16.1. The first-order chi connectivity index (χ1) is 9.66. The van der Waals surface area contributed by atoms with E-state index in [0.29, 0.717) is 25.8 Å². The Hall–Kier alpha value is -2.17. The summed E-state index contributed by atoms with van der Waals surface area (Å²) in [5.74, 6) is 0.131. The van der Waals surface area contributed by atoms with Crippen molar-refractivity contribution in [1.82, 2.24) is 14.9 Å². The minimum absolute atomic E-state index is 0.00252. The summed E-state index contributed by atoms with van der Waals surface area (Å²) in [7, 11) is 0. The number of Topliss-reactive ketones (excluding diaryl/α,β-unsaturated/α-hetero) is 1. The Labute approximate surface area is 118 Å². The lowest BCUT2D eigenvalue weighted by atomic mass is 10.1. The number of aromatic nitrogens is 2. The minimum Gasteiger partial charge on any atom is -0.356 e. The van der Waals surface area contributed by atoms with Gasteiger partial charge in [-0.25, -0.2) is 4.52 Å². The number of fused-ring (bicyclic) bond motifs is 1. The van der Waals surface area contributed by atoms with Gasteiger partial charge in [-0.1, -0.05) is 6.07 Å². The summed E-state index contributed by atoms with van der Waals surface area (Å²) in [6.07, 6.45) is 6.00. The zero-order valence-corrected chi connectivity index (χ0v) is 11.6. The van der Waals surface area contributed by atoms with Crippen LogP contribution in [0.3, 0.4) is 0 Å². The van der Waals surface area contributed by atoms with Gasteiger partial charge in [-0.3, -0.25) is 4.79 Å². The van der Waals surface area contributed by atoms with Crippen LogP contribution in [0.1, 0.15) is 31.7 Å². The molecule has 0 atom stereocenters. The summed E-state index contributed by atoms with van der Waals surface area (Å²) >= 11 is 0. The molecule has 0 aliphatic carbocycles. The highest BCUT2D eigenvalue weighted by Crippen LogP contribution is 2.09. The first-order valence-corrected chi connectivity index (χ1v) is 6.84. The summed E-state index contributed by atoms with van der Waals surface area (Å²) in [5, 5.41) is 7.12. The van der Waals surface area contributed by atoms with Crippen LogP contribution in [0.15, 0.2) is 30.6 Å². The van der Waals surface area contributed by atoms with Crippen LogP contribution in [0.25, 0.3) is 5.52 Å². The molecule has 0 unspecified atom stereocenters. The van der Waals surface area contributed by atoms with Gasteiger partial charge >= 0.3 is 0 Å². The van der Waals surface area contributed by atoms with Gasteiger partial charge < -0.3 is 10.1 Å². The molecule has 1 N–H and O–H groups in total. The molecule has 0 radical (unpaired) electrons. The fourth-order valence-corrected chi connectivity index (χ4v) is 2.10. The lowest BCUT2D eigenvalue weighted by molar-refractivity contribution is -0.121. The molecule has 0 bridgehead atoms. The van der Waals surface area contributed by atoms with Crippen molar-refractivity contribution in [3.8, 4) is 0 Å². The largest absolute Gasteiger partial charge is 0.356 e. The van der Waals surface area contributed by atoms with Gasteiger partial charge in [-0.15, -0.1) is 0 Å². The molecule has 2 rings (SSSR count). The maximum atomic E-state index is 11.6. The summed E-state index contributed by atoms with van der Waals surface area (Å²) in [6, 6.07) is 5.92. The second-order valence-corrected chi connectivity index (χ2v) is 4.86. The second kappa shape index (κ2) is 6.84. The number of carbonyl (C=O) groups is 2. The molecule has 106 valence electrons. The van der Waals surface area contributed by atoms with Crippen LogP contribution in [0.2, 0.25) is 0 Å². The number of nitrogens with zero attached hydrogens (tertiary/aromatic N) is 2. The smallest absolute Gasteiger partial charge is 0.220 e. The Morgan fingerprint density at radius 1 is 1.30 bits per heavy atom. The third-order valence-electron chi connectivity index (χ3n) is 3.16. The van der Waals surface area contributed by atoms with Crippen LogP contribution in [-0.2, 0) is 16.0 Å². The average molecular weight is 273 g/mol. The van der Waals surface area contributed by atoms with Crippen LogP contribution in [0, 0.1) is 0 Å². The highest BCUT2D eigenvalue weighted by Gasteiger charge is 2.05. The Balaban J connectivity index is 1.75. The van der Waals surface area contributed by atoms with Crippen molar-refractivity contribution in [2.45, 2.75) is 32.6 Å². The topological polar surface area (TPSA) is 63.5 Å². The number of hydrogen-bond donors (Lipinski definition) is 1. The summed E-state index contributed by atoms with van der Waals surface area (Å²) in [6.45, 7) is 2.14. The zero-order chi connectivity index (χ0) is 14.4. The number of amides is 1. The van der Waals surface area contributed by atoms with E-state index in [2.05, 4.69) is 10.4 Å². The van der Waals surface area contributed by atoms with E-state index in [-0.39, 0.29) is 11.7 Å². The third-order valence-corrected chi connectivity index (χ3v) is 3.16. The fourth-order valence-electron chi connectivity index (χ4n) is 2.10. The molecule has 1 amide bonds. The molecule has 20 heavy (non-hydrogen) atoms. The number of carbonyl (C=O) groups excluding carboxylic acids is 2. The highest BCUT2D eigenvalue weighted by molar-refractivity contribution is 5.78. The van der Waals surface area contributed by atoms with Gasteiger partial charge in [-0.05, 0) is 37.5 Å². The molecule has 2 aromatic rings.